The van der Waals surface area contributed by atoms with Crippen LogP contribution in [0.15, 0.2) is 44.8 Å². The molecule has 2 heterocycles. The number of nitrogens with one attached hydrogen (secondary N) is 2. The quantitative estimate of drug-likeness (QED) is 0.714. The Labute approximate surface area is 155 Å². The molecule has 2 aromatic rings. The van der Waals surface area contributed by atoms with Crippen molar-refractivity contribution in [2.45, 2.75) is 15.5 Å². The lowest BCUT2D eigenvalue weighted by atomic mass is 10.2. The lowest BCUT2D eigenvalue weighted by Crippen LogP contribution is -2.39. The zero-order valence-corrected chi connectivity index (χ0v) is 16.2. The summed E-state index contributed by atoms with van der Waals surface area (Å²) < 4.78 is 52.6. The standard InChI is InChI=1S/C15H17N3O5S3/c1-16-25(20,21)12-4-5-13-11(9-12)6-7-18(13)14(19)10-17-26(22,23)15-3-2-8-24-15/h2-5,8-9,16-17H,6-7,10H2,1H3. The average molecular weight is 416 g/mol. The molecular weight excluding hydrogens is 398 g/mol. The highest BCUT2D eigenvalue weighted by Gasteiger charge is 2.27. The number of hydrogen-bond donors (Lipinski definition) is 2. The predicted molar refractivity (Wildman–Crippen MR) is 98.3 cm³/mol. The Hall–Kier alpha value is -1.79. The van der Waals surface area contributed by atoms with Gasteiger partial charge in [0.25, 0.3) is 10.0 Å². The number of benzene rings is 1. The molecular formula is C15H17N3O5S3. The minimum absolute atomic E-state index is 0.131. The minimum Gasteiger partial charge on any atom is -0.311 e. The minimum atomic E-state index is -3.71. The van der Waals surface area contributed by atoms with Crippen LogP contribution in [0.2, 0.25) is 0 Å². The number of anilines is 1. The second kappa shape index (κ2) is 7.08. The SMILES string of the molecule is CNS(=O)(=O)c1ccc2c(c1)CCN2C(=O)CNS(=O)(=O)c1cccs1. The van der Waals surface area contributed by atoms with Crippen LogP contribution in [-0.4, -0.2) is 42.9 Å². The van der Waals surface area contributed by atoms with Gasteiger partial charge >= 0.3 is 0 Å². The number of carbonyl (C=O) groups excluding carboxylic acids is 1. The maximum absolute atomic E-state index is 12.4. The number of sulfonamides is 2. The van der Waals surface area contributed by atoms with Gasteiger partial charge in [-0.15, -0.1) is 11.3 Å². The summed E-state index contributed by atoms with van der Waals surface area (Å²) in [6.07, 6.45) is 0.506. The van der Waals surface area contributed by atoms with Crippen molar-refractivity contribution in [2.24, 2.45) is 0 Å². The van der Waals surface area contributed by atoms with Crippen LogP contribution in [-0.2, 0) is 31.3 Å². The van der Waals surface area contributed by atoms with Gasteiger partial charge in [-0.1, -0.05) is 6.07 Å². The second-order valence-corrected chi connectivity index (χ2v) is 10.4. The molecule has 8 nitrogen and oxygen atoms in total. The number of carbonyl (C=O) groups is 1. The first-order chi connectivity index (χ1) is 12.2. The van der Waals surface area contributed by atoms with E-state index in [0.717, 1.165) is 16.9 Å². The molecule has 26 heavy (non-hydrogen) atoms. The molecule has 2 N–H and O–H groups in total. The molecule has 1 aromatic heterocycles. The fourth-order valence-electron chi connectivity index (χ4n) is 2.66. The molecule has 1 aromatic carbocycles. The molecule has 0 spiro atoms. The number of nitrogens with zero attached hydrogens (tertiary/aromatic N) is 1. The summed E-state index contributed by atoms with van der Waals surface area (Å²) in [5.41, 5.74) is 1.33. The van der Waals surface area contributed by atoms with E-state index in [1.165, 1.54) is 30.1 Å². The number of thiophene rings is 1. The molecule has 1 aliphatic heterocycles. The normalized spacial score (nSPS) is 14.4. The second-order valence-electron chi connectivity index (χ2n) is 5.55. The van der Waals surface area contributed by atoms with Crippen molar-refractivity contribution >= 4 is 43.0 Å². The Kier molecular flexibility index (Phi) is 5.17. The van der Waals surface area contributed by atoms with Crippen LogP contribution in [0.3, 0.4) is 0 Å². The summed E-state index contributed by atoms with van der Waals surface area (Å²) in [6.45, 7) is 0.00812. The highest BCUT2D eigenvalue weighted by Crippen LogP contribution is 2.30. The molecule has 0 fully saturated rings. The molecule has 0 saturated carbocycles. The van der Waals surface area contributed by atoms with Crippen molar-refractivity contribution in [3.05, 3.63) is 41.3 Å². The van der Waals surface area contributed by atoms with Crippen LogP contribution >= 0.6 is 11.3 Å². The third kappa shape index (κ3) is 3.67. The maximum Gasteiger partial charge on any atom is 0.250 e. The molecule has 0 radical (unpaired) electrons. The Balaban J connectivity index is 1.74. The summed E-state index contributed by atoms with van der Waals surface area (Å²) in [6, 6.07) is 7.61. The number of amides is 1. The van der Waals surface area contributed by atoms with E-state index >= 15 is 0 Å². The van der Waals surface area contributed by atoms with Gasteiger partial charge in [-0.2, -0.15) is 0 Å². The largest absolute Gasteiger partial charge is 0.311 e. The van der Waals surface area contributed by atoms with Crippen molar-refractivity contribution < 1.29 is 21.6 Å². The Morgan fingerprint density at radius 3 is 2.62 bits per heavy atom. The van der Waals surface area contributed by atoms with Crippen molar-refractivity contribution in [1.29, 1.82) is 0 Å². The third-order valence-electron chi connectivity index (χ3n) is 4.00. The van der Waals surface area contributed by atoms with Crippen molar-refractivity contribution in [3.63, 3.8) is 0 Å². The van der Waals surface area contributed by atoms with Crippen molar-refractivity contribution in [2.75, 3.05) is 25.0 Å². The van der Waals surface area contributed by atoms with Crippen molar-refractivity contribution in [1.82, 2.24) is 9.44 Å². The first-order valence-corrected chi connectivity index (χ1v) is 11.5. The molecule has 11 heteroatoms. The van der Waals surface area contributed by atoms with E-state index in [4.69, 9.17) is 0 Å². The van der Waals surface area contributed by atoms with Crippen molar-refractivity contribution in [3.8, 4) is 0 Å². The Morgan fingerprint density at radius 1 is 1.19 bits per heavy atom. The van der Waals surface area contributed by atoms with Gasteiger partial charge in [0.15, 0.2) is 0 Å². The first kappa shape index (κ1) is 19.0. The van der Waals surface area contributed by atoms with Crippen LogP contribution in [0.5, 0.6) is 0 Å². The van der Waals surface area contributed by atoms with E-state index in [-0.39, 0.29) is 15.6 Å². The van der Waals surface area contributed by atoms with Crippen LogP contribution in [0, 0.1) is 0 Å². The van der Waals surface area contributed by atoms with Gasteiger partial charge in [0.1, 0.15) is 4.21 Å². The van der Waals surface area contributed by atoms with Crippen LogP contribution in [0.4, 0.5) is 5.69 Å². The summed E-state index contributed by atoms with van der Waals surface area (Å²) in [7, 11) is -5.94. The molecule has 3 rings (SSSR count). The number of fused-ring (bicyclic) bond motifs is 1. The van der Waals surface area contributed by atoms with E-state index in [1.54, 1.807) is 17.5 Å². The summed E-state index contributed by atoms with van der Waals surface area (Å²) >= 11 is 1.07. The zero-order valence-electron chi connectivity index (χ0n) is 13.8. The average Bonchev–Trinajstić information content (AvgIpc) is 3.29. The van der Waals surface area contributed by atoms with Crippen LogP contribution in [0.25, 0.3) is 0 Å². The van der Waals surface area contributed by atoms with E-state index in [1.807, 2.05) is 0 Å². The fourth-order valence-corrected chi connectivity index (χ4v) is 5.45. The smallest absolute Gasteiger partial charge is 0.250 e. The molecule has 0 bridgehead atoms. The lowest BCUT2D eigenvalue weighted by Gasteiger charge is -2.18. The Bertz CT molecular complexity index is 1030. The van der Waals surface area contributed by atoms with Gasteiger partial charge < -0.3 is 4.90 Å². The summed E-state index contributed by atoms with van der Waals surface area (Å²) in [4.78, 5) is 14.0. The molecule has 140 valence electrons. The van der Waals surface area contributed by atoms with E-state index in [2.05, 4.69) is 9.44 Å². The zero-order chi connectivity index (χ0) is 18.9. The first-order valence-electron chi connectivity index (χ1n) is 7.64. The fraction of sp³-hybridized carbons (Fsp3) is 0.267. The molecule has 0 saturated heterocycles. The maximum atomic E-state index is 12.4. The third-order valence-corrected chi connectivity index (χ3v) is 8.21. The van der Waals surface area contributed by atoms with Crippen LogP contribution < -0.4 is 14.3 Å². The van der Waals surface area contributed by atoms with Gasteiger partial charge in [-0.05, 0) is 48.7 Å². The number of hydrogen-bond acceptors (Lipinski definition) is 6. The van der Waals surface area contributed by atoms with Gasteiger partial charge in [-0.3, -0.25) is 4.79 Å². The monoisotopic (exact) mass is 415 g/mol. The van der Waals surface area contributed by atoms with E-state index in [9.17, 15) is 21.6 Å². The lowest BCUT2D eigenvalue weighted by molar-refractivity contribution is -0.117. The molecule has 0 unspecified atom stereocenters. The molecule has 0 atom stereocenters. The molecule has 1 aliphatic rings. The Morgan fingerprint density at radius 2 is 1.96 bits per heavy atom. The van der Waals surface area contributed by atoms with E-state index in [0.29, 0.717) is 18.7 Å². The highest BCUT2D eigenvalue weighted by atomic mass is 32.2. The summed E-state index contributed by atoms with van der Waals surface area (Å²) in [5.74, 6) is -0.395. The van der Waals surface area contributed by atoms with Gasteiger partial charge in [0.2, 0.25) is 15.9 Å². The number of rotatable bonds is 6. The highest BCUT2D eigenvalue weighted by molar-refractivity contribution is 7.91. The topological polar surface area (TPSA) is 113 Å². The molecule has 1 amide bonds. The summed E-state index contributed by atoms with van der Waals surface area (Å²) in [5, 5.41) is 1.64. The predicted octanol–water partition coefficient (Wildman–Crippen LogP) is 0.524. The van der Waals surface area contributed by atoms with Gasteiger partial charge in [0.05, 0.1) is 11.4 Å². The van der Waals surface area contributed by atoms with Gasteiger partial charge in [0, 0.05) is 12.2 Å². The molecule has 0 aliphatic carbocycles. The van der Waals surface area contributed by atoms with Gasteiger partial charge in [-0.25, -0.2) is 26.3 Å². The van der Waals surface area contributed by atoms with Crippen LogP contribution in [0.1, 0.15) is 5.56 Å². The van der Waals surface area contributed by atoms with E-state index < -0.39 is 26.0 Å².